The summed E-state index contributed by atoms with van der Waals surface area (Å²) in [5.74, 6) is -0.808. The van der Waals surface area contributed by atoms with E-state index in [4.69, 9.17) is 11.6 Å². The first-order valence-corrected chi connectivity index (χ1v) is 3.98. The molecular weight excluding hydrogens is 252 g/mol. The minimum absolute atomic E-state index is 0.152. The molecule has 0 amide bonds. The van der Waals surface area contributed by atoms with Crippen molar-refractivity contribution in [1.82, 2.24) is 0 Å². The Morgan fingerprint density at radius 3 is 2.58 bits per heavy atom. The molecule has 0 N–H and O–H groups in total. The maximum absolute atomic E-state index is 12.7. The SMILES string of the molecule is O=[N+]([O-])c1cc(F)c(Cl)c(Br)c1. The number of nitro groups is 1. The number of non-ortho nitro benzene ring substituents is 1. The Labute approximate surface area is 80.4 Å². The molecule has 1 rings (SSSR count). The molecule has 0 fully saturated rings. The predicted molar refractivity (Wildman–Crippen MR) is 45.8 cm³/mol. The quantitative estimate of drug-likeness (QED) is 0.439. The van der Waals surface area contributed by atoms with Crippen molar-refractivity contribution in [2.45, 2.75) is 0 Å². The maximum Gasteiger partial charge on any atom is 0.273 e. The third kappa shape index (κ3) is 1.73. The van der Waals surface area contributed by atoms with Crippen molar-refractivity contribution in [2.24, 2.45) is 0 Å². The van der Waals surface area contributed by atoms with Crippen LogP contribution in [0.15, 0.2) is 16.6 Å². The molecule has 1 aromatic rings. The van der Waals surface area contributed by atoms with E-state index in [0.29, 0.717) is 0 Å². The van der Waals surface area contributed by atoms with Crippen LogP contribution in [-0.2, 0) is 0 Å². The topological polar surface area (TPSA) is 43.1 Å². The predicted octanol–water partition coefficient (Wildman–Crippen LogP) is 3.15. The van der Waals surface area contributed by atoms with Crippen LogP contribution in [0.4, 0.5) is 10.1 Å². The second kappa shape index (κ2) is 3.37. The van der Waals surface area contributed by atoms with E-state index in [-0.39, 0.29) is 15.2 Å². The molecule has 0 radical (unpaired) electrons. The highest BCUT2D eigenvalue weighted by molar-refractivity contribution is 9.10. The molecule has 0 atom stereocenters. The Morgan fingerprint density at radius 1 is 1.58 bits per heavy atom. The van der Waals surface area contributed by atoms with E-state index in [9.17, 15) is 14.5 Å². The van der Waals surface area contributed by atoms with Gasteiger partial charge in [0.1, 0.15) is 5.82 Å². The summed E-state index contributed by atoms with van der Waals surface area (Å²) >= 11 is 8.30. The first-order valence-electron chi connectivity index (χ1n) is 2.81. The highest BCUT2D eigenvalue weighted by Gasteiger charge is 2.13. The number of hydrogen-bond acceptors (Lipinski definition) is 2. The minimum Gasteiger partial charge on any atom is -0.258 e. The zero-order chi connectivity index (χ0) is 9.30. The molecule has 0 aliphatic heterocycles. The fraction of sp³-hybridized carbons (Fsp3) is 0. The van der Waals surface area contributed by atoms with Gasteiger partial charge in [0.05, 0.1) is 16.0 Å². The summed E-state index contributed by atoms with van der Waals surface area (Å²) in [6, 6.07) is 1.92. The lowest BCUT2D eigenvalue weighted by Crippen LogP contribution is -1.89. The molecule has 64 valence electrons. The van der Waals surface area contributed by atoms with E-state index in [1.54, 1.807) is 0 Å². The maximum atomic E-state index is 12.7. The molecule has 0 saturated heterocycles. The molecule has 0 saturated carbocycles. The summed E-state index contributed by atoms with van der Waals surface area (Å²) in [5.41, 5.74) is -0.330. The summed E-state index contributed by atoms with van der Waals surface area (Å²) in [7, 11) is 0. The van der Waals surface area contributed by atoms with Crippen molar-refractivity contribution in [3.05, 3.63) is 37.6 Å². The van der Waals surface area contributed by atoms with Crippen LogP contribution < -0.4 is 0 Å². The van der Waals surface area contributed by atoms with Crippen LogP contribution in [-0.4, -0.2) is 4.92 Å². The minimum atomic E-state index is -0.808. The van der Waals surface area contributed by atoms with Crippen LogP contribution >= 0.6 is 27.5 Å². The van der Waals surface area contributed by atoms with Crippen molar-refractivity contribution in [3.8, 4) is 0 Å². The fourth-order valence-corrected chi connectivity index (χ4v) is 1.18. The first kappa shape index (κ1) is 9.41. The molecular formula is C6H2BrClFNO2. The molecule has 0 aliphatic carbocycles. The molecule has 1 aromatic carbocycles. The number of halogens is 3. The Bertz CT molecular complexity index is 321. The van der Waals surface area contributed by atoms with Crippen LogP contribution in [0, 0.1) is 15.9 Å². The van der Waals surface area contributed by atoms with Gasteiger partial charge in [0.25, 0.3) is 5.69 Å². The lowest BCUT2D eigenvalue weighted by molar-refractivity contribution is -0.385. The smallest absolute Gasteiger partial charge is 0.258 e. The molecule has 0 unspecified atom stereocenters. The summed E-state index contributed by atoms with van der Waals surface area (Å²) in [6.07, 6.45) is 0. The van der Waals surface area contributed by atoms with E-state index in [2.05, 4.69) is 15.9 Å². The second-order valence-corrected chi connectivity index (χ2v) is 3.21. The van der Waals surface area contributed by atoms with Crippen molar-refractivity contribution in [2.75, 3.05) is 0 Å². The van der Waals surface area contributed by atoms with Gasteiger partial charge in [-0.3, -0.25) is 10.1 Å². The van der Waals surface area contributed by atoms with Gasteiger partial charge in [-0.2, -0.15) is 0 Å². The van der Waals surface area contributed by atoms with Gasteiger partial charge in [-0.15, -0.1) is 0 Å². The lowest BCUT2D eigenvalue weighted by atomic mass is 10.3. The van der Waals surface area contributed by atoms with E-state index in [0.717, 1.165) is 12.1 Å². The van der Waals surface area contributed by atoms with Crippen molar-refractivity contribution < 1.29 is 9.31 Å². The number of nitrogens with zero attached hydrogens (tertiary/aromatic N) is 1. The molecule has 0 aromatic heterocycles. The van der Waals surface area contributed by atoms with Gasteiger partial charge >= 0.3 is 0 Å². The highest BCUT2D eigenvalue weighted by Crippen LogP contribution is 2.29. The highest BCUT2D eigenvalue weighted by atomic mass is 79.9. The van der Waals surface area contributed by atoms with E-state index in [1.165, 1.54) is 0 Å². The van der Waals surface area contributed by atoms with Gasteiger partial charge in [-0.1, -0.05) is 11.6 Å². The van der Waals surface area contributed by atoms with Crippen LogP contribution in [0.1, 0.15) is 0 Å². The second-order valence-electron chi connectivity index (χ2n) is 1.98. The molecule has 6 heteroatoms. The van der Waals surface area contributed by atoms with Crippen molar-refractivity contribution >= 4 is 33.2 Å². The number of hydrogen-bond donors (Lipinski definition) is 0. The van der Waals surface area contributed by atoms with Crippen molar-refractivity contribution in [3.63, 3.8) is 0 Å². The van der Waals surface area contributed by atoms with Gasteiger partial charge < -0.3 is 0 Å². The molecule has 3 nitrogen and oxygen atoms in total. The van der Waals surface area contributed by atoms with E-state index in [1.807, 2.05) is 0 Å². The molecule has 0 aliphatic rings. The van der Waals surface area contributed by atoms with Gasteiger partial charge in [0.15, 0.2) is 0 Å². The van der Waals surface area contributed by atoms with E-state index < -0.39 is 10.7 Å². The summed E-state index contributed by atoms with van der Waals surface area (Å²) in [4.78, 5) is 9.50. The van der Waals surface area contributed by atoms with Gasteiger partial charge in [-0.25, -0.2) is 4.39 Å². The lowest BCUT2D eigenvalue weighted by Gasteiger charge is -1.96. The average Bonchev–Trinajstić information content (AvgIpc) is 1.99. The third-order valence-electron chi connectivity index (χ3n) is 1.18. The Morgan fingerprint density at radius 2 is 2.17 bits per heavy atom. The largest absolute Gasteiger partial charge is 0.273 e. The molecule has 0 heterocycles. The first-order chi connectivity index (χ1) is 5.52. The Kier molecular flexibility index (Phi) is 2.64. The Balaban J connectivity index is 3.31. The number of benzene rings is 1. The normalized spacial score (nSPS) is 9.92. The zero-order valence-corrected chi connectivity index (χ0v) is 7.89. The molecule has 12 heavy (non-hydrogen) atoms. The summed E-state index contributed by atoms with van der Waals surface area (Å²) < 4.78 is 12.9. The van der Waals surface area contributed by atoms with Gasteiger partial charge in [0.2, 0.25) is 0 Å². The Hall–Kier alpha value is -0.680. The van der Waals surface area contributed by atoms with Gasteiger partial charge in [-0.05, 0) is 15.9 Å². The average molecular weight is 254 g/mol. The third-order valence-corrected chi connectivity index (χ3v) is 2.42. The number of nitro benzene ring substituents is 1. The standard InChI is InChI=1S/C6H2BrClFNO2/c7-4-1-3(10(11)12)2-5(9)6(4)8/h1-2H. The zero-order valence-electron chi connectivity index (χ0n) is 5.55. The molecule has 0 spiro atoms. The summed E-state index contributed by atoms with van der Waals surface area (Å²) in [5, 5.41) is 10.0. The van der Waals surface area contributed by atoms with E-state index >= 15 is 0 Å². The number of rotatable bonds is 1. The van der Waals surface area contributed by atoms with Crippen LogP contribution in [0.5, 0.6) is 0 Å². The molecule has 0 bridgehead atoms. The van der Waals surface area contributed by atoms with Crippen LogP contribution in [0.2, 0.25) is 5.02 Å². The van der Waals surface area contributed by atoms with Crippen molar-refractivity contribution in [1.29, 1.82) is 0 Å². The van der Waals surface area contributed by atoms with Gasteiger partial charge in [0, 0.05) is 10.5 Å². The van der Waals surface area contributed by atoms with Crippen LogP contribution in [0.3, 0.4) is 0 Å². The fourth-order valence-electron chi connectivity index (χ4n) is 0.648. The monoisotopic (exact) mass is 253 g/mol. The summed E-state index contributed by atoms with van der Waals surface area (Å²) in [6.45, 7) is 0. The van der Waals surface area contributed by atoms with Crippen LogP contribution in [0.25, 0.3) is 0 Å².